The summed E-state index contributed by atoms with van der Waals surface area (Å²) in [5, 5.41) is 1.23. The van der Waals surface area contributed by atoms with Crippen LogP contribution in [-0.4, -0.2) is 4.57 Å². The maximum absolute atomic E-state index is 5.24. The second-order valence-electron chi connectivity index (χ2n) is 3.69. The topological polar surface area (TPSA) is 4.93 Å². The number of rotatable bonds is 2. The molecule has 0 aliphatic carbocycles. The van der Waals surface area contributed by atoms with E-state index in [0.29, 0.717) is 5.57 Å². The lowest BCUT2D eigenvalue weighted by Gasteiger charge is -1.98. The van der Waals surface area contributed by atoms with Crippen LogP contribution in [0.4, 0.5) is 0 Å². The highest BCUT2D eigenvalue weighted by Gasteiger charge is 2.01. The van der Waals surface area contributed by atoms with Crippen LogP contribution in [0.1, 0.15) is 5.69 Å². The summed E-state index contributed by atoms with van der Waals surface area (Å²) < 4.78 is 2.13. The molecule has 0 fully saturated rings. The van der Waals surface area contributed by atoms with Crippen molar-refractivity contribution in [1.29, 1.82) is 0 Å². The Morgan fingerprint density at radius 3 is 2.88 bits per heavy atom. The monoisotopic (exact) mass is 207 g/mol. The Bertz CT molecular complexity index is 606. The number of aromatic nitrogens is 1. The van der Waals surface area contributed by atoms with Gasteiger partial charge in [0.25, 0.3) is 0 Å². The van der Waals surface area contributed by atoms with Crippen molar-refractivity contribution in [2.24, 2.45) is 7.05 Å². The summed E-state index contributed by atoms with van der Waals surface area (Å²) >= 11 is 0. The summed E-state index contributed by atoms with van der Waals surface area (Å²) in [6.45, 7) is 3.74. The fourth-order valence-corrected chi connectivity index (χ4v) is 1.70. The molecule has 2 rings (SSSR count). The highest BCUT2D eigenvalue weighted by molar-refractivity contribution is 5.83. The smallest absolute Gasteiger partial charge is 0.0482 e. The van der Waals surface area contributed by atoms with E-state index in [4.69, 9.17) is 6.42 Å². The average Bonchev–Trinajstić information content (AvgIpc) is 2.64. The van der Waals surface area contributed by atoms with E-state index in [1.54, 1.807) is 0 Å². The highest BCUT2D eigenvalue weighted by atomic mass is 14.9. The number of hydrogen-bond acceptors (Lipinski definition) is 0. The van der Waals surface area contributed by atoms with Gasteiger partial charge >= 0.3 is 0 Å². The molecule has 0 unspecified atom stereocenters. The Kier molecular flexibility index (Phi) is 2.66. The van der Waals surface area contributed by atoms with Gasteiger partial charge in [0.15, 0.2) is 0 Å². The molecule has 1 aromatic heterocycles. The van der Waals surface area contributed by atoms with Crippen molar-refractivity contribution in [2.45, 2.75) is 0 Å². The van der Waals surface area contributed by atoms with Gasteiger partial charge in [-0.25, -0.2) is 0 Å². The first-order chi connectivity index (χ1) is 7.72. The van der Waals surface area contributed by atoms with E-state index in [2.05, 4.69) is 35.3 Å². The SMILES string of the molecule is C#CC(=C)/C=C\c1cc2ccccc2n1C. The molecule has 0 saturated carbocycles. The van der Waals surface area contributed by atoms with E-state index in [1.165, 1.54) is 10.9 Å². The number of hydrogen-bond donors (Lipinski definition) is 0. The summed E-state index contributed by atoms with van der Waals surface area (Å²) in [5.74, 6) is 2.50. The molecule has 78 valence electrons. The summed E-state index contributed by atoms with van der Waals surface area (Å²) in [4.78, 5) is 0. The standard InChI is InChI=1S/C15H13N/c1-4-12(2)9-10-14-11-13-7-5-6-8-15(13)16(14)3/h1,5-11H,2H2,3H3/b10-9-. The van der Waals surface area contributed by atoms with Gasteiger partial charge in [0, 0.05) is 29.2 Å². The minimum Gasteiger partial charge on any atom is -0.344 e. The fourth-order valence-electron chi connectivity index (χ4n) is 1.70. The number of terminal acetylenes is 1. The van der Waals surface area contributed by atoms with Crippen LogP contribution in [0.5, 0.6) is 0 Å². The predicted molar refractivity (Wildman–Crippen MR) is 69.9 cm³/mol. The lowest BCUT2D eigenvalue weighted by Crippen LogP contribution is -1.89. The van der Waals surface area contributed by atoms with E-state index in [1.807, 2.05) is 31.3 Å². The van der Waals surface area contributed by atoms with Gasteiger partial charge < -0.3 is 4.57 Å². The summed E-state index contributed by atoms with van der Waals surface area (Å²) in [5.41, 5.74) is 3.02. The summed E-state index contributed by atoms with van der Waals surface area (Å²) in [7, 11) is 2.04. The lowest BCUT2D eigenvalue weighted by molar-refractivity contribution is 0.955. The van der Waals surface area contributed by atoms with Crippen LogP contribution in [0.15, 0.2) is 48.6 Å². The maximum atomic E-state index is 5.24. The van der Waals surface area contributed by atoms with Crippen LogP contribution < -0.4 is 0 Å². The Hall–Kier alpha value is -2.20. The first-order valence-corrected chi connectivity index (χ1v) is 5.10. The van der Waals surface area contributed by atoms with Gasteiger partial charge in [-0.15, -0.1) is 6.42 Å². The van der Waals surface area contributed by atoms with E-state index in [9.17, 15) is 0 Å². The molecule has 0 bridgehead atoms. The molecule has 0 spiro atoms. The number of aryl methyl sites for hydroxylation is 1. The fraction of sp³-hybridized carbons (Fsp3) is 0.0667. The normalized spacial score (nSPS) is 10.8. The van der Waals surface area contributed by atoms with Crippen LogP contribution in [-0.2, 0) is 7.05 Å². The first kappa shape index (κ1) is 10.3. The van der Waals surface area contributed by atoms with Crippen molar-refractivity contribution in [3.8, 4) is 12.3 Å². The Labute approximate surface area is 95.7 Å². The van der Waals surface area contributed by atoms with Gasteiger partial charge in [0.1, 0.15) is 0 Å². The molecule has 2 aromatic rings. The molecule has 1 nitrogen and oxygen atoms in total. The third-order valence-corrected chi connectivity index (χ3v) is 2.63. The second kappa shape index (κ2) is 4.12. The van der Waals surface area contributed by atoms with Crippen molar-refractivity contribution < 1.29 is 0 Å². The quantitative estimate of drug-likeness (QED) is 0.525. The number of allylic oxidation sites excluding steroid dienone is 2. The molecule has 0 saturated heterocycles. The zero-order valence-corrected chi connectivity index (χ0v) is 9.27. The maximum Gasteiger partial charge on any atom is 0.0482 e. The van der Waals surface area contributed by atoms with Crippen LogP contribution in [0.25, 0.3) is 17.0 Å². The molecule has 1 aromatic carbocycles. The number of para-hydroxylation sites is 1. The molecule has 0 amide bonds. The van der Waals surface area contributed by atoms with Gasteiger partial charge in [-0.1, -0.05) is 30.7 Å². The zero-order chi connectivity index (χ0) is 11.5. The van der Waals surface area contributed by atoms with Gasteiger partial charge in [-0.3, -0.25) is 0 Å². The van der Waals surface area contributed by atoms with Crippen molar-refractivity contribution in [2.75, 3.05) is 0 Å². The van der Waals surface area contributed by atoms with Crippen molar-refractivity contribution in [3.63, 3.8) is 0 Å². The molecule has 0 atom stereocenters. The lowest BCUT2D eigenvalue weighted by atomic mass is 10.2. The van der Waals surface area contributed by atoms with Crippen molar-refractivity contribution >= 4 is 17.0 Å². The molecular weight excluding hydrogens is 194 g/mol. The summed E-state index contributed by atoms with van der Waals surface area (Å²) in [6, 6.07) is 10.4. The summed E-state index contributed by atoms with van der Waals surface area (Å²) in [6.07, 6.45) is 9.09. The molecule has 0 radical (unpaired) electrons. The number of benzene rings is 1. The van der Waals surface area contributed by atoms with Gasteiger partial charge in [0.2, 0.25) is 0 Å². The van der Waals surface area contributed by atoms with Crippen LogP contribution >= 0.6 is 0 Å². The zero-order valence-electron chi connectivity index (χ0n) is 9.27. The predicted octanol–water partition coefficient (Wildman–Crippen LogP) is 3.38. The molecule has 0 aliphatic rings. The van der Waals surface area contributed by atoms with E-state index >= 15 is 0 Å². The average molecular weight is 207 g/mol. The van der Waals surface area contributed by atoms with Crippen LogP contribution in [0.2, 0.25) is 0 Å². The largest absolute Gasteiger partial charge is 0.344 e. The molecule has 0 aliphatic heterocycles. The number of nitrogens with zero attached hydrogens (tertiary/aromatic N) is 1. The van der Waals surface area contributed by atoms with Crippen molar-refractivity contribution in [3.05, 3.63) is 54.3 Å². The molecule has 0 N–H and O–H groups in total. The van der Waals surface area contributed by atoms with Crippen LogP contribution in [0, 0.1) is 12.3 Å². The Morgan fingerprint density at radius 2 is 2.19 bits per heavy atom. The minimum atomic E-state index is 0.685. The van der Waals surface area contributed by atoms with Crippen LogP contribution in [0.3, 0.4) is 0 Å². The molecule has 1 heteroatoms. The highest BCUT2D eigenvalue weighted by Crippen LogP contribution is 2.19. The Morgan fingerprint density at radius 1 is 1.44 bits per heavy atom. The van der Waals surface area contributed by atoms with E-state index in [-0.39, 0.29) is 0 Å². The van der Waals surface area contributed by atoms with Gasteiger partial charge in [0.05, 0.1) is 0 Å². The first-order valence-electron chi connectivity index (χ1n) is 5.10. The third kappa shape index (κ3) is 1.78. The molecule has 1 heterocycles. The van der Waals surface area contributed by atoms with E-state index < -0.39 is 0 Å². The molecular formula is C15H13N. The number of fused-ring (bicyclic) bond motifs is 1. The third-order valence-electron chi connectivity index (χ3n) is 2.63. The van der Waals surface area contributed by atoms with Crippen molar-refractivity contribution in [1.82, 2.24) is 4.57 Å². The Balaban J connectivity index is 2.47. The second-order valence-corrected chi connectivity index (χ2v) is 3.69. The molecule has 16 heavy (non-hydrogen) atoms. The van der Waals surface area contributed by atoms with Gasteiger partial charge in [-0.05, 0) is 24.3 Å². The minimum absolute atomic E-state index is 0.685. The van der Waals surface area contributed by atoms with E-state index in [0.717, 1.165) is 5.69 Å². The van der Waals surface area contributed by atoms with Gasteiger partial charge in [-0.2, -0.15) is 0 Å².